The minimum Gasteiger partial charge on any atom is -0.493 e. The van der Waals surface area contributed by atoms with E-state index in [2.05, 4.69) is 5.32 Å². The molecule has 0 unspecified atom stereocenters. The zero-order valence-electron chi connectivity index (χ0n) is 12.3. The van der Waals surface area contributed by atoms with Crippen molar-refractivity contribution in [3.63, 3.8) is 0 Å². The Kier molecular flexibility index (Phi) is 5.31. The highest BCUT2D eigenvalue weighted by molar-refractivity contribution is 6.19. The van der Waals surface area contributed by atoms with Gasteiger partial charge >= 0.3 is 0 Å². The summed E-state index contributed by atoms with van der Waals surface area (Å²) in [6, 6.07) is 5.08. The Morgan fingerprint density at radius 1 is 1.29 bits per heavy atom. The van der Waals surface area contributed by atoms with Crippen molar-refractivity contribution in [2.75, 3.05) is 33.3 Å². The quantitative estimate of drug-likeness (QED) is 0.847. The van der Waals surface area contributed by atoms with Crippen molar-refractivity contribution < 1.29 is 19.0 Å². The smallest absolute Gasteiger partial charge is 0.251 e. The van der Waals surface area contributed by atoms with E-state index in [9.17, 15) is 4.79 Å². The summed E-state index contributed by atoms with van der Waals surface area (Å²) in [5.74, 6) is 1.32. The van der Waals surface area contributed by atoms with Crippen LogP contribution in [-0.4, -0.2) is 44.8 Å². The van der Waals surface area contributed by atoms with Gasteiger partial charge in [-0.15, -0.1) is 11.6 Å². The average Bonchev–Trinajstić information content (AvgIpc) is 2.54. The molecule has 1 aromatic carbocycles. The highest BCUT2D eigenvalue weighted by Gasteiger charge is 2.33. The molecule has 0 aromatic heterocycles. The Morgan fingerprint density at radius 3 is 2.52 bits per heavy atom. The summed E-state index contributed by atoms with van der Waals surface area (Å²) in [5.41, 5.74) is 0.118. The lowest BCUT2D eigenvalue weighted by molar-refractivity contribution is 0.0433. The molecule has 1 amide bonds. The molecule has 5 nitrogen and oxygen atoms in total. The van der Waals surface area contributed by atoms with Crippen molar-refractivity contribution in [3.05, 3.63) is 23.8 Å². The van der Waals surface area contributed by atoms with Crippen LogP contribution >= 0.6 is 11.6 Å². The van der Waals surface area contributed by atoms with Crippen LogP contribution in [0.3, 0.4) is 0 Å². The highest BCUT2D eigenvalue weighted by atomic mass is 35.5. The lowest BCUT2D eigenvalue weighted by Gasteiger charge is -2.36. The molecule has 2 rings (SSSR count). The van der Waals surface area contributed by atoms with Gasteiger partial charge in [-0.3, -0.25) is 4.79 Å². The van der Waals surface area contributed by atoms with Gasteiger partial charge in [0, 0.05) is 24.7 Å². The van der Waals surface area contributed by atoms with E-state index in [0.29, 0.717) is 36.2 Å². The van der Waals surface area contributed by atoms with E-state index in [1.807, 2.05) is 0 Å². The monoisotopic (exact) mass is 313 g/mol. The van der Waals surface area contributed by atoms with Crippen LogP contribution in [0.15, 0.2) is 18.2 Å². The molecule has 0 aliphatic carbocycles. The molecule has 6 heteroatoms. The van der Waals surface area contributed by atoms with E-state index in [-0.39, 0.29) is 5.91 Å². The van der Waals surface area contributed by atoms with Crippen LogP contribution in [0.1, 0.15) is 23.2 Å². The molecule has 1 heterocycles. The van der Waals surface area contributed by atoms with E-state index in [4.69, 9.17) is 25.8 Å². The molecule has 1 aliphatic heterocycles. The first-order valence-electron chi connectivity index (χ1n) is 6.82. The van der Waals surface area contributed by atoms with Gasteiger partial charge in [0.25, 0.3) is 5.91 Å². The first kappa shape index (κ1) is 15.9. The van der Waals surface area contributed by atoms with Crippen molar-refractivity contribution in [3.8, 4) is 11.5 Å². The third-order valence-electron chi connectivity index (χ3n) is 3.73. The molecule has 0 radical (unpaired) electrons. The van der Waals surface area contributed by atoms with Gasteiger partial charge in [-0.25, -0.2) is 0 Å². The normalized spacial score (nSPS) is 17.1. The fourth-order valence-corrected chi connectivity index (χ4v) is 2.68. The molecule has 116 valence electrons. The zero-order chi connectivity index (χ0) is 15.3. The highest BCUT2D eigenvalue weighted by Crippen LogP contribution is 2.28. The van der Waals surface area contributed by atoms with Crippen molar-refractivity contribution in [2.24, 2.45) is 0 Å². The van der Waals surface area contributed by atoms with Gasteiger partial charge in [-0.2, -0.15) is 0 Å². The van der Waals surface area contributed by atoms with E-state index in [0.717, 1.165) is 12.8 Å². The molecule has 0 saturated carbocycles. The molecule has 1 aromatic rings. The number of carbonyl (C=O) groups is 1. The minimum atomic E-state index is -0.399. The van der Waals surface area contributed by atoms with Crippen LogP contribution in [0.4, 0.5) is 0 Å². The third kappa shape index (κ3) is 3.60. The van der Waals surface area contributed by atoms with Crippen LogP contribution in [0.25, 0.3) is 0 Å². The zero-order valence-corrected chi connectivity index (χ0v) is 13.0. The average molecular weight is 314 g/mol. The number of nitrogens with one attached hydrogen (secondary N) is 1. The number of methoxy groups -OCH3 is 2. The van der Waals surface area contributed by atoms with Gasteiger partial charge in [0.15, 0.2) is 11.5 Å². The molecule has 0 spiro atoms. The van der Waals surface area contributed by atoms with E-state index >= 15 is 0 Å². The number of carbonyl (C=O) groups excluding carboxylic acids is 1. The Hall–Kier alpha value is -1.46. The predicted molar refractivity (Wildman–Crippen MR) is 80.5 cm³/mol. The standard InChI is InChI=1S/C15H20ClNO4/c1-19-12-4-3-11(9-13(12)20-2)14(18)17-15(10-16)5-7-21-8-6-15/h3-4,9H,5-8,10H2,1-2H3,(H,17,18). The molecule has 0 atom stereocenters. The number of amides is 1. The lowest BCUT2D eigenvalue weighted by Crippen LogP contribution is -2.53. The summed E-state index contributed by atoms with van der Waals surface area (Å²) in [6.07, 6.45) is 1.44. The van der Waals surface area contributed by atoms with Crippen LogP contribution in [-0.2, 0) is 4.74 Å². The van der Waals surface area contributed by atoms with Crippen LogP contribution in [0, 0.1) is 0 Å². The minimum absolute atomic E-state index is 0.168. The first-order valence-corrected chi connectivity index (χ1v) is 7.36. The molecule has 0 bridgehead atoms. The second-order valence-electron chi connectivity index (χ2n) is 5.05. The van der Waals surface area contributed by atoms with Gasteiger partial charge < -0.3 is 19.5 Å². The molecule has 1 N–H and O–H groups in total. The van der Waals surface area contributed by atoms with Crippen molar-refractivity contribution in [1.82, 2.24) is 5.32 Å². The van der Waals surface area contributed by atoms with Gasteiger partial charge in [-0.1, -0.05) is 0 Å². The predicted octanol–water partition coefficient (Wildman–Crippen LogP) is 2.22. The summed E-state index contributed by atoms with van der Waals surface area (Å²) >= 11 is 6.06. The second-order valence-corrected chi connectivity index (χ2v) is 5.32. The first-order chi connectivity index (χ1) is 10.1. The van der Waals surface area contributed by atoms with Crippen molar-refractivity contribution >= 4 is 17.5 Å². The molecule has 1 fully saturated rings. The Balaban J connectivity index is 2.15. The Bertz CT molecular complexity index is 500. The number of rotatable bonds is 5. The molecular weight excluding hydrogens is 294 g/mol. The van der Waals surface area contributed by atoms with E-state index < -0.39 is 5.54 Å². The second kappa shape index (κ2) is 7.00. The summed E-state index contributed by atoms with van der Waals surface area (Å²) in [6.45, 7) is 1.22. The SMILES string of the molecule is COc1ccc(C(=O)NC2(CCl)CCOCC2)cc1OC. The summed E-state index contributed by atoms with van der Waals surface area (Å²) < 4.78 is 15.7. The van der Waals surface area contributed by atoms with Crippen molar-refractivity contribution in [1.29, 1.82) is 0 Å². The molecule has 1 saturated heterocycles. The molecule has 21 heavy (non-hydrogen) atoms. The Labute approximate surface area is 129 Å². The number of hydrogen-bond acceptors (Lipinski definition) is 4. The number of benzene rings is 1. The lowest BCUT2D eigenvalue weighted by atomic mass is 9.92. The number of alkyl halides is 1. The van der Waals surface area contributed by atoms with E-state index in [1.54, 1.807) is 25.3 Å². The van der Waals surface area contributed by atoms with Crippen molar-refractivity contribution in [2.45, 2.75) is 18.4 Å². The summed E-state index contributed by atoms with van der Waals surface area (Å²) in [5, 5.41) is 3.04. The fraction of sp³-hybridized carbons (Fsp3) is 0.533. The Morgan fingerprint density at radius 2 is 1.95 bits per heavy atom. The van der Waals surface area contributed by atoms with Gasteiger partial charge in [0.1, 0.15) is 0 Å². The topological polar surface area (TPSA) is 56.8 Å². The number of hydrogen-bond donors (Lipinski definition) is 1. The summed E-state index contributed by atoms with van der Waals surface area (Å²) in [7, 11) is 3.10. The number of halogens is 1. The van der Waals surface area contributed by atoms with Crippen LogP contribution < -0.4 is 14.8 Å². The fourth-order valence-electron chi connectivity index (χ4n) is 2.34. The maximum atomic E-state index is 12.4. The van der Waals surface area contributed by atoms with Crippen LogP contribution in [0.2, 0.25) is 0 Å². The van der Waals surface area contributed by atoms with Gasteiger partial charge in [-0.05, 0) is 31.0 Å². The molecule has 1 aliphatic rings. The van der Waals surface area contributed by atoms with E-state index in [1.165, 1.54) is 7.11 Å². The van der Waals surface area contributed by atoms with Crippen LogP contribution in [0.5, 0.6) is 11.5 Å². The largest absolute Gasteiger partial charge is 0.493 e. The third-order valence-corrected chi connectivity index (χ3v) is 4.24. The maximum absolute atomic E-state index is 12.4. The summed E-state index contributed by atoms with van der Waals surface area (Å²) in [4.78, 5) is 12.4. The van der Waals surface area contributed by atoms with Gasteiger partial charge in [0.2, 0.25) is 0 Å². The molecular formula is C15H20ClNO4. The maximum Gasteiger partial charge on any atom is 0.251 e. The number of ether oxygens (including phenoxy) is 3. The van der Waals surface area contributed by atoms with Gasteiger partial charge in [0.05, 0.1) is 19.8 Å².